The summed E-state index contributed by atoms with van der Waals surface area (Å²) >= 11 is 5.93. The van der Waals surface area contributed by atoms with Gasteiger partial charge in [0, 0.05) is 23.5 Å². The second-order valence-electron chi connectivity index (χ2n) is 3.90. The molecule has 0 saturated carbocycles. The number of aromatic nitrogens is 1. The first-order valence-electron chi connectivity index (χ1n) is 4.92. The topological polar surface area (TPSA) is 38.9 Å². The third-order valence-corrected chi connectivity index (χ3v) is 2.42. The molecule has 1 rings (SSSR count). The van der Waals surface area contributed by atoms with E-state index in [1.807, 2.05) is 19.2 Å². The van der Waals surface area contributed by atoms with Crippen molar-refractivity contribution in [1.29, 1.82) is 0 Å². The van der Waals surface area contributed by atoms with Crippen LogP contribution in [0.1, 0.15) is 25.8 Å². The number of nitrogen functional groups attached to an aromatic ring is 1. The molecule has 0 spiro atoms. The summed E-state index contributed by atoms with van der Waals surface area (Å²) in [4.78, 5) is 4.06. The molecular formula is C11H17ClN2. The van der Waals surface area contributed by atoms with E-state index in [2.05, 4.69) is 11.9 Å². The molecule has 0 aliphatic rings. The normalized spacial score (nSPS) is 15.1. The lowest BCUT2D eigenvalue weighted by Crippen LogP contribution is -2.07. The van der Waals surface area contributed by atoms with E-state index in [0.717, 1.165) is 24.1 Å². The van der Waals surface area contributed by atoms with E-state index in [9.17, 15) is 0 Å². The van der Waals surface area contributed by atoms with Crippen LogP contribution in [-0.4, -0.2) is 10.4 Å². The van der Waals surface area contributed by atoms with E-state index < -0.39 is 0 Å². The molecule has 0 saturated heterocycles. The predicted octanol–water partition coefficient (Wildman–Crippen LogP) is 2.86. The minimum Gasteiger partial charge on any atom is -0.398 e. The first-order valence-corrected chi connectivity index (χ1v) is 5.35. The van der Waals surface area contributed by atoms with Crippen LogP contribution in [-0.2, 0) is 6.42 Å². The number of alkyl halides is 1. The second kappa shape index (κ2) is 5.20. The van der Waals surface area contributed by atoms with E-state index >= 15 is 0 Å². The zero-order valence-electron chi connectivity index (χ0n) is 8.70. The average molecular weight is 213 g/mol. The van der Waals surface area contributed by atoms with Crippen molar-refractivity contribution in [2.75, 3.05) is 5.73 Å². The predicted molar refractivity (Wildman–Crippen MR) is 61.4 cm³/mol. The molecule has 1 aromatic heterocycles. The standard InChI is InChI=1S/C11H17ClN2/c1-8(5-9(2)12)6-10-7-14-4-3-11(10)13/h3-4,7-9H,5-6H2,1-2H3,(H2,13,14). The lowest BCUT2D eigenvalue weighted by molar-refractivity contribution is 0.526. The van der Waals surface area contributed by atoms with E-state index in [1.165, 1.54) is 0 Å². The third kappa shape index (κ3) is 3.54. The highest BCUT2D eigenvalue weighted by molar-refractivity contribution is 6.20. The van der Waals surface area contributed by atoms with Crippen LogP contribution < -0.4 is 5.73 Å². The third-order valence-electron chi connectivity index (χ3n) is 2.24. The first kappa shape index (κ1) is 11.3. The highest BCUT2D eigenvalue weighted by atomic mass is 35.5. The van der Waals surface area contributed by atoms with Gasteiger partial charge in [0.25, 0.3) is 0 Å². The van der Waals surface area contributed by atoms with Gasteiger partial charge in [0.1, 0.15) is 0 Å². The first-order chi connectivity index (χ1) is 6.59. The largest absolute Gasteiger partial charge is 0.398 e. The second-order valence-corrected chi connectivity index (χ2v) is 4.65. The Morgan fingerprint density at radius 3 is 2.79 bits per heavy atom. The Hall–Kier alpha value is -0.760. The fourth-order valence-electron chi connectivity index (χ4n) is 1.62. The molecule has 0 bridgehead atoms. The quantitative estimate of drug-likeness (QED) is 0.780. The van der Waals surface area contributed by atoms with Crippen molar-refractivity contribution in [3.05, 3.63) is 24.0 Å². The van der Waals surface area contributed by atoms with E-state index in [0.29, 0.717) is 5.92 Å². The maximum Gasteiger partial charge on any atom is 0.0377 e. The van der Waals surface area contributed by atoms with Gasteiger partial charge >= 0.3 is 0 Å². The molecule has 1 aromatic rings. The Bertz CT molecular complexity index is 286. The lowest BCUT2D eigenvalue weighted by Gasteiger charge is -2.13. The van der Waals surface area contributed by atoms with Crippen LogP contribution in [0.3, 0.4) is 0 Å². The minimum absolute atomic E-state index is 0.225. The minimum atomic E-state index is 0.225. The highest BCUT2D eigenvalue weighted by Crippen LogP contribution is 2.19. The van der Waals surface area contributed by atoms with Gasteiger partial charge in [0.2, 0.25) is 0 Å². The molecule has 0 aliphatic heterocycles. The Morgan fingerprint density at radius 1 is 1.50 bits per heavy atom. The number of nitrogens with zero attached hydrogens (tertiary/aromatic N) is 1. The van der Waals surface area contributed by atoms with Gasteiger partial charge in [0.05, 0.1) is 0 Å². The number of hydrogen-bond acceptors (Lipinski definition) is 2. The van der Waals surface area contributed by atoms with Crippen molar-refractivity contribution in [2.24, 2.45) is 5.92 Å². The molecule has 0 radical (unpaired) electrons. The van der Waals surface area contributed by atoms with Crippen molar-refractivity contribution < 1.29 is 0 Å². The molecule has 0 aliphatic carbocycles. The maximum atomic E-state index is 5.93. The molecule has 0 aromatic carbocycles. The lowest BCUT2D eigenvalue weighted by atomic mass is 9.97. The van der Waals surface area contributed by atoms with Crippen LogP contribution in [0.2, 0.25) is 0 Å². The molecule has 2 atom stereocenters. The zero-order chi connectivity index (χ0) is 10.6. The van der Waals surface area contributed by atoms with Crippen molar-refractivity contribution in [2.45, 2.75) is 32.1 Å². The van der Waals surface area contributed by atoms with Crippen molar-refractivity contribution in [3.63, 3.8) is 0 Å². The summed E-state index contributed by atoms with van der Waals surface area (Å²) in [6.07, 6.45) is 5.52. The smallest absolute Gasteiger partial charge is 0.0377 e. The number of pyridine rings is 1. The molecule has 0 fully saturated rings. The summed E-state index contributed by atoms with van der Waals surface area (Å²) in [7, 11) is 0. The average Bonchev–Trinajstić information content (AvgIpc) is 2.07. The van der Waals surface area contributed by atoms with Crippen LogP contribution in [0.25, 0.3) is 0 Å². The molecule has 0 amide bonds. The van der Waals surface area contributed by atoms with Gasteiger partial charge in [-0.15, -0.1) is 11.6 Å². The van der Waals surface area contributed by atoms with E-state index in [-0.39, 0.29) is 5.38 Å². The summed E-state index contributed by atoms with van der Waals surface area (Å²) in [6, 6.07) is 1.84. The van der Waals surface area contributed by atoms with Gasteiger partial charge in [0.15, 0.2) is 0 Å². The van der Waals surface area contributed by atoms with Gasteiger partial charge in [-0.25, -0.2) is 0 Å². The number of rotatable bonds is 4. The number of hydrogen-bond donors (Lipinski definition) is 1. The number of anilines is 1. The molecule has 3 heteroatoms. The van der Waals surface area contributed by atoms with Crippen molar-refractivity contribution >= 4 is 17.3 Å². The van der Waals surface area contributed by atoms with Gasteiger partial charge < -0.3 is 5.73 Å². The molecule has 78 valence electrons. The van der Waals surface area contributed by atoms with Crippen LogP contribution in [0.15, 0.2) is 18.5 Å². The van der Waals surface area contributed by atoms with Crippen LogP contribution in [0.4, 0.5) is 5.69 Å². The fourth-order valence-corrected chi connectivity index (χ4v) is 1.93. The number of halogens is 1. The Kier molecular flexibility index (Phi) is 4.21. The Morgan fingerprint density at radius 2 is 2.21 bits per heavy atom. The van der Waals surface area contributed by atoms with Crippen molar-refractivity contribution in [1.82, 2.24) is 4.98 Å². The van der Waals surface area contributed by atoms with Gasteiger partial charge in [-0.3, -0.25) is 4.98 Å². The molecule has 2 nitrogen and oxygen atoms in total. The molecular weight excluding hydrogens is 196 g/mol. The van der Waals surface area contributed by atoms with Gasteiger partial charge in [-0.2, -0.15) is 0 Å². The Labute approximate surface area is 90.5 Å². The van der Waals surface area contributed by atoms with Crippen LogP contribution in [0, 0.1) is 5.92 Å². The SMILES string of the molecule is CC(Cl)CC(C)Cc1cnccc1N. The Balaban J connectivity index is 2.56. The summed E-state index contributed by atoms with van der Waals surface area (Å²) in [5.74, 6) is 0.550. The van der Waals surface area contributed by atoms with Gasteiger partial charge in [-0.05, 0) is 37.3 Å². The van der Waals surface area contributed by atoms with Gasteiger partial charge in [-0.1, -0.05) is 6.92 Å². The molecule has 1 heterocycles. The highest BCUT2D eigenvalue weighted by Gasteiger charge is 2.09. The maximum absolute atomic E-state index is 5.93. The fraction of sp³-hybridized carbons (Fsp3) is 0.545. The summed E-state index contributed by atoms with van der Waals surface area (Å²) in [5.41, 5.74) is 7.78. The molecule has 2 unspecified atom stereocenters. The monoisotopic (exact) mass is 212 g/mol. The van der Waals surface area contributed by atoms with E-state index in [4.69, 9.17) is 17.3 Å². The summed E-state index contributed by atoms with van der Waals surface area (Å²) < 4.78 is 0. The molecule has 2 N–H and O–H groups in total. The number of nitrogens with two attached hydrogens (primary N) is 1. The van der Waals surface area contributed by atoms with Crippen LogP contribution >= 0.6 is 11.6 Å². The summed E-state index contributed by atoms with van der Waals surface area (Å²) in [6.45, 7) is 4.20. The van der Waals surface area contributed by atoms with Crippen LogP contribution in [0.5, 0.6) is 0 Å². The van der Waals surface area contributed by atoms with E-state index in [1.54, 1.807) is 6.20 Å². The van der Waals surface area contributed by atoms with Crippen molar-refractivity contribution in [3.8, 4) is 0 Å². The zero-order valence-corrected chi connectivity index (χ0v) is 9.46. The summed E-state index contributed by atoms with van der Waals surface area (Å²) in [5, 5.41) is 0.225. The molecule has 14 heavy (non-hydrogen) atoms.